The number of allylic oxidation sites excluding steroid dienone is 8. The first-order valence-corrected chi connectivity index (χ1v) is 8.63. The van der Waals surface area contributed by atoms with Crippen molar-refractivity contribution >= 4 is 24.8 Å². The molecule has 0 aromatic rings. The zero-order valence-corrected chi connectivity index (χ0v) is 16.0. The molecule has 0 aromatic carbocycles. The van der Waals surface area contributed by atoms with Crippen LogP contribution in [0, 0.1) is 0 Å². The maximum absolute atomic E-state index is 2.52. The molecule has 20 heavy (non-hydrogen) atoms. The molecule has 0 aliphatic heterocycles. The van der Waals surface area contributed by atoms with E-state index in [9.17, 15) is 0 Å². The molecular formula is C17H23Cl2Zr. The van der Waals surface area contributed by atoms with Gasteiger partial charge in [-0.1, -0.05) is 0 Å². The van der Waals surface area contributed by atoms with Gasteiger partial charge in [0, 0.05) is 0 Å². The van der Waals surface area contributed by atoms with Crippen LogP contribution >= 0.6 is 24.8 Å². The molecule has 0 spiro atoms. The molecule has 3 heteroatoms. The van der Waals surface area contributed by atoms with Gasteiger partial charge in [0.15, 0.2) is 0 Å². The van der Waals surface area contributed by atoms with E-state index in [1.807, 2.05) is 0 Å². The van der Waals surface area contributed by atoms with Crippen LogP contribution in [0.15, 0.2) is 43.8 Å². The van der Waals surface area contributed by atoms with Gasteiger partial charge < -0.3 is 0 Å². The van der Waals surface area contributed by atoms with Gasteiger partial charge in [-0.3, -0.25) is 0 Å². The summed E-state index contributed by atoms with van der Waals surface area (Å²) in [7, 11) is 0. The predicted molar refractivity (Wildman–Crippen MR) is 87.3 cm³/mol. The number of halogens is 2. The topological polar surface area (TPSA) is 0 Å². The van der Waals surface area contributed by atoms with E-state index in [1.54, 1.807) is 50.3 Å². The van der Waals surface area contributed by atoms with E-state index in [0.717, 1.165) is 0 Å². The van der Waals surface area contributed by atoms with Crippen molar-refractivity contribution in [3.63, 3.8) is 0 Å². The molecular weight excluding hydrogens is 366 g/mol. The van der Waals surface area contributed by atoms with E-state index < -0.39 is 0 Å². The summed E-state index contributed by atoms with van der Waals surface area (Å²) in [5.74, 6) is 0. The molecule has 0 aromatic heterocycles. The average molecular weight is 390 g/mol. The van der Waals surface area contributed by atoms with E-state index in [4.69, 9.17) is 0 Å². The quantitative estimate of drug-likeness (QED) is 0.546. The van der Waals surface area contributed by atoms with Crippen molar-refractivity contribution in [3.05, 3.63) is 43.8 Å². The maximum atomic E-state index is 2.52. The zero-order valence-electron chi connectivity index (χ0n) is 11.9. The van der Waals surface area contributed by atoms with Gasteiger partial charge in [0.25, 0.3) is 0 Å². The molecule has 0 amide bonds. The zero-order chi connectivity index (χ0) is 12.4. The van der Waals surface area contributed by atoms with Gasteiger partial charge in [0.05, 0.1) is 0 Å². The second-order valence-corrected chi connectivity index (χ2v) is 7.11. The van der Waals surface area contributed by atoms with Crippen LogP contribution in [0.3, 0.4) is 0 Å². The molecule has 109 valence electrons. The summed E-state index contributed by atoms with van der Waals surface area (Å²) in [5.41, 5.74) is 6.61. The molecule has 3 aliphatic rings. The van der Waals surface area contributed by atoms with Gasteiger partial charge in [-0.15, -0.1) is 24.8 Å². The van der Waals surface area contributed by atoms with Gasteiger partial charge in [0.1, 0.15) is 0 Å². The van der Waals surface area contributed by atoms with E-state index in [0.29, 0.717) is 0 Å². The van der Waals surface area contributed by atoms with Crippen molar-refractivity contribution in [1.29, 1.82) is 0 Å². The summed E-state index contributed by atoms with van der Waals surface area (Å²) in [4.78, 5) is 0. The van der Waals surface area contributed by atoms with Crippen LogP contribution < -0.4 is 0 Å². The van der Waals surface area contributed by atoms with Crippen LogP contribution in [0.1, 0.15) is 57.8 Å². The van der Waals surface area contributed by atoms with Crippen molar-refractivity contribution in [3.8, 4) is 0 Å². The molecule has 0 saturated carbocycles. The molecule has 0 nitrogen and oxygen atoms in total. The Hall–Kier alpha value is 0.423. The second-order valence-electron chi connectivity index (χ2n) is 5.63. The van der Waals surface area contributed by atoms with E-state index >= 15 is 0 Å². The van der Waals surface area contributed by atoms with Crippen LogP contribution in [0.4, 0.5) is 0 Å². The van der Waals surface area contributed by atoms with Gasteiger partial charge in [0.2, 0.25) is 0 Å². The second kappa shape index (κ2) is 8.77. The third kappa shape index (κ3) is 3.99. The minimum atomic E-state index is 0. The van der Waals surface area contributed by atoms with Crippen molar-refractivity contribution in [2.75, 3.05) is 0 Å². The van der Waals surface area contributed by atoms with Gasteiger partial charge in [-0.2, -0.15) is 0 Å². The van der Waals surface area contributed by atoms with Crippen LogP contribution in [0.5, 0.6) is 0 Å². The molecule has 0 fully saturated rings. The third-order valence-electron chi connectivity index (χ3n) is 4.33. The van der Waals surface area contributed by atoms with Crippen molar-refractivity contribution in [1.82, 2.24) is 0 Å². The number of rotatable bonds is 2. The van der Waals surface area contributed by atoms with Crippen LogP contribution in [0.2, 0.25) is 0 Å². The first-order chi connectivity index (χ1) is 8.86. The Balaban J connectivity index is 0.000001000. The minimum absolute atomic E-state index is 0. The van der Waals surface area contributed by atoms with E-state index in [1.165, 1.54) is 57.8 Å². The fourth-order valence-electron chi connectivity index (χ4n) is 3.38. The van der Waals surface area contributed by atoms with Gasteiger partial charge in [-0.05, 0) is 0 Å². The van der Waals surface area contributed by atoms with E-state index in [2.05, 4.69) is 18.2 Å². The fraction of sp³-hybridized carbons (Fsp3) is 0.529. The van der Waals surface area contributed by atoms with Crippen LogP contribution in [-0.4, -0.2) is 0 Å². The van der Waals surface area contributed by atoms with Crippen molar-refractivity contribution < 1.29 is 24.7 Å². The molecule has 0 radical (unpaired) electrons. The molecule has 3 aliphatic carbocycles. The van der Waals surface area contributed by atoms with Gasteiger partial charge in [-0.25, -0.2) is 0 Å². The Bertz CT molecular complexity index is 469. The Morgan fingerprint density at radius 3 is 1.90 bits per heavy atom. The Morgan fingerprint density at radius 1 is 0.750 bits per heavy atom. The first-order valence-electron chi connectivity index (χ1n) is 7.40. The van der Waals surface area contributed by atoms with E-state index in [-0.39, 0.29) is 24.8 Å². The van der Waals surface area contributed by atoms with Crippen molar-refractivity contribution in [2.24, 2.45) is 0 Å². The monoisotopic (exact) mass is 387 g/mol. The summed E-state index contributed by atoms with van der Waals surface area (Å²) < 4.78 is 1.69. The Morgan fingerprint density at radius 2 is 1.35 bits per heavy atom. The summed E-state index contributed by atoms with van der Waals surface area (Å²) >= 11 is 1.62. The first kappa shape index (κ1) is 18.5. The Kier molecular flexibility index (Phi) is 8.10. The molecule has 0 heterocycles. The van der Waals surface area contributed by atoms with Gasteiger partial charge >= 0.3 is 126 Å². The summed E-state index contributed by atoms with van der Waals surface area (Å²) in [6.07, 6.45) is 19.5. The molecule has 0 bridgehead atoms. The molecule has 3 rings (SSSR count). The van der Waals surface area contributed by atoms with Crippen molar-refractivity contribution in [2.45, 2.75) is 57.8 Å². The summed E-state index contributed by atoms with van der Waals surface area (Å²) in [6.45, 7) is 0. The predicted octanol–water partition coefficient (Wildman–Crippen LogP) is 5.96. The normalized spacial score (nSPS) is 22.2. The Labute approximate surface area is 150 Å². The number of hydrogen-bond donors (Lipinski definition) is 0. The SMILES string of the molecule is Cl.Cl.[Zr][C]1=C(C2=CCCCC2)C(C2=CCCCC2)=CC1. The molecule has 0 N–H and O–H groups in total. The fourth-order valence-corrected chi connectivity index (χ4v) is 4.35. The summed E-state index contributed by atoms with van der Waals surface area (Å²) in [5, 5.41) is 0. The standard InChI is InChI=1S/C17H21.2ClH.Zr/c1-3-8-14(9-4-1)16-12-7-13-17(16)15-10-5-2-6-11-15;;;/h8,10,12H,1-7,9,11H2;2*1H;. The van der Waals surface area contributed by atoms with Crippen LogP contribution in [-0.2, 0) is 24.7 Å². The average Bonchev–Trinajstić information content (AvgIpc) is 2.83. The third-order valence-corrected chi connectivity index (χ3v) is 5.45. The molecule has 0 atom stereocenters. The van der Waals surface area contributed by atoms with Crippen LogP contribution in [0.25, 0.3) is 0 Å². The molecule has 0 saturated heterocycles. The molecule has 0 unspecified atom stereocenters. The summed E-state index contributed by atoms with van der Waals surface area (Å²) in [6, 6.07) is 0. The number of hydrogen-bond acceptors (Lipinski definition) is 0.